The smallest absolute Gasteiger partial charge is 0.0400 e. The van der Waals surface area contributed by atoms with Crippen LogP contribution in [0.2, 0.25) is 0 Å². The molecule has 0 aromatic heterocycles. The predicted octanol–water partition coefficient (Wildman–Crippen LogP) is 2.53. The molecule has 0 saturated carbocycles. The van der Waals surface area contributed by atoms with Crippen LogP contribution in [0.4, 0.5) is 0 Å². The highest BCUT2D eigenvalue weighted by Crippen LogP contribution is 2.22. The minimum atomic E-state index is 0.126. The van der Waals surface area contributed by atoms with E-state index in [0.29, 0.717) is 0 Å². The third kappa shape index (κ3) is 1.67. The molecular formula is C11H17N. The van der Waals surface area contributed by atoms with Crippen molar-refractivity contribution in [3.05, 3.63) is 35.9 Å². The SMILES string of the molecule is CC[C@](C)(NC)c1ccccc1. The first-order valence-electron chi connectivity index (χ1n) is 4.47. The molecule has 0 heterocycles. The Morgan fingerprint density at radius 1 is 1.25 bits per heavy atom. The predicted molar refractivity (Wildman–Crippen MR) is 53.1 cm³/mol. The molecule has 0 amide bonds. The number of hydrogen-bond donors (Lipinski definition) is 1. The van der Waals surface area contributed by atoms with Crippen molar-refractivity contribution in [1.29, 1.82) is 0 Å². The molecule has 0 fully saturated rings. The van der Waals surface area contributed by atoms with Crippen LogP contribution < -0.4 is 5.32 Å². The molecule has 0 aliphatic rings. The van der Waals surface area contributed by atoms with E-state index < -0.39 is 0 Å². The van der Waals surface area contributed by atoms with Gasteiger partial charge < -0.3 is 5.32 Å². The van der Waals surface area contributed by atoms with Crippen LogP contribution in [0.15, 0.2) is 30.3 Å². The zero-order chi connectivity index (χ0) is 9.03. The molecule has 0 aliphatic carbocycles. The van der Waals surface area contributed by atoms with Gasteiger partial charge in [-0.3, -0.25) is 0 Å². The van der Waals surface area contributed by atoms with Gasteiger partial charge in [0, 0.05) is 5.54 Å². The van der Waals surface area contributed by atoms with Crippen LogP contribution in [-0.2, 0) is 5.54 Å². The molecule has 1 nitrogen and oxygen atoms in total. The maximum atomic E-state index is 3.34. The lowest BCUT2D eigenvalue weighted by Crippen LogP contribution is -2.35. The highest BCUT2D eigenvalue weighted by molar-refractivity contribution is 5.23. The van der Waals surface area contributed by atoms with Crippen LogP contribution >= 0.6 is 0 Å². The van der Waals surface area contributed by atoms with Gasteiger partial charge in [-0.15, -0.1) is 0 Å². The van der Waals surface area contributed by atoms with Crippen molar-refractivity contribution >= 4 is 0 Å². The van der Waals surface area contributed by atoms with Crippen molar-refractivity contribution in [2.75, 3.05) is 7.05 Å². The zero-order valence-electron chi connectivity index (χ0n) is 8.09. The number of benzene rings is 1. The van der Waals surface area contributed by atoms with Crippen LogP contribution in [0.3, 0.4) is 0 Å². The van der Waals surface area contributed by atoms with Crippen molar-refractivity contribution < 1.29 is 0 Å². The summed E-state index contributed by atoms with van der Waals surface area (Å²) in [5.74, 6) is 0. The van der Waals surface area contributed by atoms with Crippen molar-refractivity contribution in [1.82, 2.24) is 5.32 Å². The maximum absolute atomic E-state index is 3.34. The Kier molecular flexibility index (Phi) is 2.88. The summed E-state index contributed by atoms with van der Waals surface area (Å²) < 4.78 is 0. The lowest BCUT2D eigenvalue weighted by atomic mass is 9.90. The number of nitrogens with one attached hydrogen (secondary N) is 1. The van der Waals surface area contributed by atoms with Crippen molar-refractivity contribution in [3.8, 4) is 0 Å². The van der Waals surface area contributed by atoms with Gasteiger partial charge >= 0.3 is 0 Å². The highest BCUT2D eigenvalue weighted by Gasteiger charge is 2.20. The molecule has 12 heavy (non-hydrogen) atoms. The van der Waals surface area contributed by atoms with Crippen LogP contribution in [0.25, 0.3) is 0 Å². The summed E-state index contributed by atoms with van der Waals surface area (Å²) in [4.78, 5) is 0. The first kappa shape index (κ1) is 9.27. The van der Waals surface area contributed by atoms with E-state index >= 15 is 0 Å². The molecule has 0 saturated heterocycles. The molecule has 0 bridgehead atoms. The summed E-state index contributed by atoms with van der Waals surface area (Å²) >= 11 is 0. The Hall–Kier alpha value is -0.820. The van der Waals surface area contributed by atoms with Crippen LogP contribution in [0.1, 0.15) is 25.8 Å². The van der Waals surface area contributed by atoms with Gasteiger partial charge in [0.1, 0.15) is 0 Å². The Morgan fingerprint density at radius 3 is 2.25 bits per heavy atom. The van der Waals surface area contributed by atoms with Crippen molar-refractivity contribution in [2.45, 2.75) is 25.8 Å². The standard InChI is InChI=1S/C11H17N/c1-4-11(2,12-3)10-8-6-5-7-9-10/h5-9,12H,4H2,1-3H3/t11-/m0/s1. The van der Waals surface area contributed by atoms with E-state index in [9.17, 15) is 0 Å². The largest absolute Gasteiger partial charge is 0.311 e. The van der Waals surface area contributed by atoms with Gasteiger partial charge in [-0.1, -0.05) is 37.3 Å². The first-order valence-corrected chi connectivity index (χ1v) is 4.47. The number of rotatable bonds is 3. The number of hydrogen-bond acceptors (Lipinski definition) is 1. The fourth-order valence-electron chi connectivity index (χ4n) is 1.33. The molecule has 1 rings (SSSR count). The van der Waals surface area contributed by atoms with E-state index in [0.717, 1.165) is 6.42 Å². The maximum Gasteiger partial charge on any atom is 0.0400 e. The summed E-state index contributed by atoms with van der Waals surface area (Å²) in [5, 5.41) is 3.34. The summed E-state index contributed by atoms with van der Waals surface area (Å²) in [6.07, 6.45) is 1.10. The van der Waals surface area contributed by atoms with Crippen LogP contribution in [-0.4, -0.2) is 7.05 Å². The minimum absolute atomic E-state index is 0.126. The third-order valence-electron chi connectivity index (χ3n) is 2.67. The Bertz CT molecular complexity index is 224. The second-order valence-corrected chi connectivity index (χ2v) is 3.30. The molecule has 1 aromatic carbocycles. The van der Waals surface area contributed by atoms with Crippen molar-refractivity contribution in [2.24, 2.45) is 0 Å². The Labute approximate surface area is 74.8 Å². The van der Waals surface area contributed by atoms with Crippen LogP contribution in [0, 0.1) is 0 Å². The Morgan fingerprint density at radius 2 is 1.83 bits per heavy atom. The summed E-state index contributed by atoms with van der Waals surface area (Å²) in [6, 6.07) is 10.6. The fraction of sp³-hybridized carbons (Fsp3) is 0.455. The molecule has 66 valence electrons. The van der Waals surface area contributed by atoms with Gasteiger partial charge in [0.25, 0.3) is 0 Å². The third-order valence-corrected chi connectivity index (χ3v) is 2.67. The lowest BCUT2D eigenvalue weighted by Gasteiger charge is -2.28. The van der Waals surface area contributed by atoms with Gasteiger partial charge in [0.05, 0.1) is 0 Å². The van der Waals surface area contributed by atoms with Gasteiger partial charge in [-0.2, -0.15) is 0 Å². The highest BCUT2D eigenvalue weighted by atomic mass is 14.9. The molecule has 1 aromatic rings. The van der Waals surface area contributed by atoms with Gasteiger partial charge in [-0.25, -0.2) is 0 Å². The fourth-order valence-corrected chi connectivity index (χ4v) is 1.33. The molecule has 1 heteroatoms. The van der Waals surface area contributed by atoms with E-state index in [1.54, 1.807) is 0 Å². The van der Waals surface area contributed by atoms with E-state index in [1.807, 2.05) is 7.05 Å². The molecule has 1 atom stereocenters. The van der Waals surface area contributed by atoms with Gasteiger partial charge in [0.15, 0.2) is 0 Å². The summed E-state index contributed by atoms with van der Waals surface area (Å²) in [5.41, 5.74) is 1.48. The second-order valence-electron chi connectivity index (χ2n) is 3.30. The summed E-state index contributed by atoms with van der Waals surface area (Å²) in [6.45, 7) is 4.42. The van der Waals surface area contributed by atoms with Gasteiger partial charge in [0.2, 0.25) is 0 Å². The van der Waals surface area contributed by atoms with Gasteiger partial charge in [-0.05, 0) is 26.0 Å². The average Bonchev–Trinajstić information content (AvgIpc) is 2.18. The quantitative estimate of drug-likeness (QED) is 0.722. The minimum Gasteiger partial charge on any atom is -0.311 e. The normalized spacial score (nSPS) is 15.6. The first-order chi connectivity index (χ1) is 5.73. The van der Waals surface area contributed by atoms with E-state index in [4.69, 9.17) is 0 Å². The molecule has 0 aliphatic heterocycles. The van der Waals surface area contributed by atoms with E-state index in [2.05, 4.69) is 49.5 Å². The van der Waals surface area contributed by atoms with E-state index in [-0.39, 0.29) is 5.54 Å². The topological polar surface area (TPSA) is 12.0 Å². The molecule has 0 unspecified atom stereocenters. The van der Waals surface area contributed by atoms with E-state index in [1.165, 1.54) is 5.56 Å². The molecule has 0 spiro atoms. The Balaban J connectivity index is 2.95. The average molecular weight is 163 g/mol. The molecule has 1 N–H and O–H groups in total. The summed E-state index contributed by atoms with van der Waals surface area (Å²) in [7, 11) is 2.01. The molecule has 0 radical (unpaired) electrons. The monoisotopic (exact) mass is 163 g/mol. The van der Waals surface area contributed by atoms with Crippen molar-refractivity contribution in [3.63, 3.8) is 0 Å². The second kappa shape index (κ2) is 3.72. The lowest BCUT2D eigenvalue weighted by molar-refractivity contribution is 0.386. The van der Waals surface area contributed by atoms with Crippen LogP contribution in [0.5, 0.6) is 0 Å². The molecular weight excluding hydrogens is 146 g/mol. The zero-order valence-corrected chi connectivity index (χ0v) is 8.09.